The lowest BCUT2D eigenvalue weighted by Crippen LogP contribution is -2.14. The van der Waals surface area contributed by atoms with E-state index in [-0.39, 0.29) is 5.69 Å². The van der Waals surface area contributed by atoms with Crippen molar-refractivity contribution in [3.8, 4) is 11.1 Å². The van der Waals surface area contributed by atoms with Gasteiger partial charge in [0, 0.05) is 40.7 Å². The molecule has 0 saturated carbocycles. The number of nitrogens with one attached hydrogen (secondary N) is 1. The van der Waals surface area contributed by atoms with E-state index in [1.165, 1.54) is 12.1 Å². The maximum atomic E-state index is 13.0. The van der Waals surface area contributed by atoms with Gasteiger partial charge in [-0.3, -0.25) is 9.78 Å². The van der Waals surface area contributed by atoms with Crippen molar-refractivity contribution in [1.29, 1.82) is 0 Å². The number of halogens is 3. The first-order valence-electron chi connectivity index (χ1n) is 8.64. The molecule has 140 valence electrons. The largest absolute Gasteiger partial charge is 0.455 e. The summed E-state index contributed by atoms with van der Waals surface area (Å²) in [4.78, 5) is 17.2. The first-order valence-corrected chi connectivity index (χ1v) is 8.64. The number of hydrogen-bond donors (Lipinski definition) is 1. The molecule has 5 rings (SSSR count). The Morgan fingerprint density at radius 1 is 1.14 bits per heavy atom. The van der Waals surface area contributed by atoms with Crippen LogP contribution in [0.5, 0.6) is 0 Å². The molecule has 1 amide bonds. The zero-order chi connectivity index (χ0) is 19.6. The Kier molecular flexibility index (Phi) is 3.34. The molecule has 1 aliphatic rings. The average Bonchev–Trinajstić information content (AvgIpc) is 3.25. The van der Waals surface area contributed by atoms with Crippen LogP contribution in [0.15, 0.2) is 47.0 Å². The molecule has 1 N–H and O–H groups in total. The second-order valence-electron chi connectivity index (χ2n) is 6.86. The lowest BCUT2D eigenvalue weighted by Gasteiger charge is -2.11. The maximum Gasteiger partial charge on any atom is 0.416 e. The van der Waals surface area contributed by atoms with Crippen LogP contribution < -0.4 is 5.32 Å². The smallest absolute Gasteiger partial charge is 0.416 e. The molecule has 0 fully saturated rings. The van der Waals surface area contributed by atoms with Crippen molar-refractivity contribution in [3.05, 3.63) is 70.5 Å². The Morgan fingerprint density at radius 3 is 2.68 bits per heavy atom. The lowest BCUT2D eigenvalue weighted by molar-refractivity contribution is -0.137. The first kappa shape index (κ1) is 16.8. The van der Waals surface area contributed by atoms with E-state index in [2.05, 4.69) is 10.3 Å². The van der Waals surface area contributed by atoms with Crippen LogP contribution in [0.2, 0.25) is 0 Å². The Balaban J connectivity index is 1.56. The third-order valence-electron chi connectivity index (χ3n) is 4.91. The van der Waals surface area contributed by atoms with Crippen molar-refractivity contribution in [2.75, 3.05) is 5.32 Å². The SMILES string of the molecule is Cc1cc(-c2c(C(=O)Nc3cccc(C(F)(F)F)c3)c3oc2c2c3C2)ccn1. The number of aromatic nitrogens is 1. The fraction of sp³-hybridized carbons (Fsp3) is 0.143. The topological polar surface area (TPSA) is 55.1 Å². The van der Waals surface area contributed by atoms with Crippen molar-refractivity contribution in [2.45, 2.75) is 19.5 Å². The predicted octanol–water partition coefficient (Wildman–Crippen LogP) is 5.42. The van der Waals surface area contributed by atoms with Crippen LogP contribution in [0.1, 0.15) is 32.7 Å². The highest BCUT2D eigenvalue weighted by molar-refractivity contribution is 6.19. The summed E-state index contributed by atoms with van der Waals surface area (Å²) < 4.78 is 44.7. The zero-order valence-corrected chi connectivity index (χ0v) is 14.6. The maximum absolute atomic E-state index is 13.0. The van der Waals surface area contributed by atoms with Gasteiger partial charge in [-0.25, -0.2) is 0 Å². The molecule has 1 aliphatic carbocycles. The van der Waals surface area contributed by atoms with Gasteiger partial charge in [-0.1, -0.05) is 6.07 Å². The summed E-state index contributed by atoms with van der Waals surface area (Å²) in [5, 5.41) is 2.59. The number of hydrogen-bond acceptors (Lipinski definition) is 3. The number of alkyl halides is 3. The number of amides is 1. The molecule has 0 radical (unpaired) electrons. The molecular formula is C21H13F3N2O2. The highest BCUT2D eigenvalue weighted by Crippen LogP contribution is 2.50. The number of carbonyl (C=O) groups is 1. The minimum Gasteiger partial charge on any atom is -0.455 e. The van der Waals surface area contributed by atoms with Crippen molar-refractivity contribution in [2.24, 2.45) is 0 Å². The molecule has 1 aromatic carbocycles. The quantitative estimate of drug-likeness (QED) is 0.454. The van der Waals surface area contributed by atoms with Crippen molar-refractivity contribution >= 4 is 22.8 Å². The van der Waals surface area contributed by atoms with Crippen molar-refractivity contribution in [1.82, 2.24) is 4.98 Å². The van der Waals surface area contributed by atoms with Gasteiger partial charge in [0.05, 0.1) is 11.1 Å². The van der Waals surface area contributed by atoms with Gasteiger partial charge in [-0.15, -0.1) is 0 Å². The average molecular weight is 382 g/mol. The van der Waals surface area contributed by atoms with Crippen LogP contribution >= 0.6 is 0 Å². The summed E-state index contributed by atoms with van der Waals surface area (Å²) >= 11 is 0. The molecule has 7 heteroatoms. The van der Waals surface area contributed by atoms with Crippen LogP contribution in [-0.2, 0) is 12.6 Å². The normalized spacial score (nSPS) is 13.0. The molecule has 0 aliphatic heterocycles. The van der Waals surface area contributed by atoms with Gasteiger partial charge in [0.2, 0.25) is 0 Å². The van der Waals surface area contributed by atoms with E-state index < -0.39 is 17.6 Å². The summed E-state index contributed by atoms with van der Waals surface area (Å²) in [5.74, 6) is -0.493. The van der Waals surface area contributed by atoms with Gasteiger partial charge < -0.3 is 9.73 Å². The number of carbonyl (C=O) groups excluding carboxylic acids is 1. The Hall–Kier alpha value is -3.35. The van der Waals surface area contributed by atoms with E-state index in [1.807, 2.05) is 13.0 Å². The molecule has 3 heterocycles. The van der Waals surface area contributed by atoms with Gasteiger partial charge in [-0.05, 0) is 42.8 Å². The molecular weight excluding hydrogens is 369 g/mol. The van der Waals surface area contributed by atoms with E-state index in [0.717, 1.165) is 40.9 Å². The van der Waals surface area contributed by atoms with Gasteiger partial charge in [0.1, 0.15) is 11.2 Å². The fourth-order valence-corrected chi connectivity index (χ4v) is 3.58. The third kappa shape index (κ3) is 2.54. The second kappa shape index (κ2) is 5.58. The summed E-state index contributed by atoms with van der Waals surface area (Å²) in [6.45, 7) is 1.85. The molecule has 4 aromatic rings. The number of fused-ring (bicyclic) bond motifs is 5. The molecule has 0 unspecified atom stereocenters. The predicted molar refractivity (Wildman–Crippen MR) is 97.6 cm³/mol. The number of benzene rings is 2. The van der Waals surface area contributed by atoms with Gasteiger partial charge in [-0.2, -0.15) is 13.2 Å². The molecule has 0 atom stereocenters. The van der Waals surface area contributed by atoms with E-state index >= 15 is 0 Å². The number of rotatable bonds is 3. The number of pyridine rings is 1. The molecule has 2 bridgehead atoms. The molecule has 28 heavy (non-hydrogen) atoms. The highest BCUT2D eigenvalue weighted by Gasteiger charge is 2.38. The zero-order valence-electron chi connectivity index (χ0n) is 14.6. The Bertz CT molecular complexity index is 1240. The number of aryl methyl sites for hydroxylation is 1. The van der Waals surface area contributed by atoms with Crippen LogP contribution in [0, 0.1) is 6.92 Å². The lowest BCUT2D eigenvalue weighted by atomic mass is 9.99. The van der Waals surface area contributed by atoms with E-state index in [1.54, 1.807) is 12.3 Å². The van der Waals surface area contributed by atoms with E-state index in [0.29, 0.717) is 22.3 Å². The summed E-state index contributed by atoms with van der Waals surface area (Å²) in [6, 6.07) is 8.22. The summed E-state index contributed by atoms with van der Waals surface area (Å²) in [5.41, 5.74) is 5.15. The summed E-state index contributed by atoms with van der Waals surface area (Å²) in [7, 11) is 0. The molecule has 4 nitrogen and oxygen atoms in total. The van der Waals surface area contributed by atoms with Crippen LogP contribution in [0.4, 0.5) is 18.9 Å². The molecule has 0 spiro atoms. The second-order valence-corrected chi connectivity index (χ2v) is 6.86. The fourth-order valence-electron chi connectivity index (χ4n) is 3.58. The minimum atomic E-state index is -4.48. The monoisotopic (exact) mass is 382 g/mol. The van der Waals surface area contributed by atoms with Crippen LogP contribution in [0.3, 0.4) is 0 Å². The van der Waals surface area contributed by atoms with Crippen LogP contribution in [0.25, 0.3) is 22.3 Å². The number of nitrogens with zero attached hydrogens (tertiary/aromatic N) is 1. The molecule has 3 aromatic heterocycles. The third-order valence-corrected chi connectivity index (χ3v) is 4.91. The molecule has 0 saturated heterocycles. The number of anilines is 1. The van der Waals surface area contributed by atoms with Crippen molar-refractivity contribution < 1.29 is 22.4 Å². The van der Waals surface area contributed by atoms with Crippen molar-refractivity contribution in [3.63, 3.8) is 0 Å². The van der Waals surface area contributed by atoms with Gasteiger partial charge in [0.15, 0.2) is 0 Å². The van der Waals surface area contributed by atoms with Gasteiger partial charge >= 0.3 is 6.18 Å². The Morgan fingerprint density at radius 2 is 1.93 bits per heavy atom. The highest BCUT2D eigenvalue weighted by atomic mass is 19.4. The van der Waals surface area contributed by atoms with Crippen LogP contribution in [-0.4, -0.2) is 10.9 Å². The van der Waals surface area contributed by atoms with E-state index in [4.69, 9.17) is 4.42 Å². The standard InChI is InChI=1S/C21H13F3N2O2/c1-10-7-11(5-6-25-10)16-17(19-15-9-14(15)18(16)28-19)20(27)26-13-4-2-3-12(8-13)21(22,23)24/h2-8H,9H2,1H3,(H,26,27). The first-order chi connectivity index (χ1) is 13.3. The number of furan rings is 2. The summed E-state index contributed by atoms with van der Waals surface area (Å²) in [6.07, 6.45) is -2.05. The Labute approximate surface area is 157 Å². The van der Waals surface area contributed by atoms with E-state index in [9.17, 15) is 18.0 Å². The van der Waals surface area contributed by atoms with Gasteiger partial charge in [0.25, 0.3) is 5.91 Å². The minimum absolute atomic E-state index is 0.0796.